The van der Waals surface area contributed by atoms with E-state index in [9.17, 15) is 4.79 Å². The predicted octanol–water partition coefficient (Wildman–Crippen LogP) is 1.58. The number of ether oxygens (including phenoxy) is 1. The van der Waals surface area contributed by atoms with Crippen molar-refractivity contribution in [1.29, 1.82) is 0 Å². The summed E-state index contributed by atoms with van der Waals surface area (Å²) in [5, 5.41) is 2.78. The zero-order valence-electron chi connectivity index (χ0n) is 9.51. The fraction of sp³-hybridized carbons (Fsp3) is 0.333. The molecule has 1 aromatic carbocycles. The summed E-state index contributed by atoms with van der Waals surface area (Å²) in [6, 6.07) is 9.14. The molecule has 0 saturated carbocycles. The van der Waals surface area contributed by atoms with Crippen LogP contribution < -0.4 is 5.32 Å². The third-order valence-corrected chi connectivity index (χ3v) is 2.38. The average molecular weight is 268 g/mol. The molecule has 0 fully saturated rings. The van der Waals surface area contributed by atoms with Crippen molar-refractivity contribution in [2.75, 3.05) is 6.61 Å². The van der Waals surface area contributed by atoms with Gasteiger partial charge in [-0.15, -0.1) is 0 Å². The molecule has 5 heteroatoms. The summed E-state index contributed by atoms with van der Waals surface area (Å²) in [5.74, 6) is -0.330. The van der Waals surface area contributed by atoms with Crippen LogP contribution in [0.3, 0.4) is 0 Å². The first kappa shape index (κ1) is 13.9. The molecule has 1 unspecified atom stereocenters. The normalized spacial score (nSPS) is 11.6. The number of benzene rings is 1. The summed E-state index contributed by atoms with van der Waals surface area (Å²) in [4.78, 5) is 11.7. The molecule has 0 radical (unpaired) electrons. The van der Waals surface area contributed by atoms with Gasteiger partial charge >= 0.3 is 5.97 Å². The third kappa shape index (κ3) is 5.10. The van der Waals surface area contributed by atoms with Gasteiger partial charge in [-0.2, -0.15) is 0 Å². The summed E-state index contributed by atoms with van der Waals surface area (Å²) in [7, 11) is 0. The molecule has 0 aromatic heterocycles. The minimum absolute atomic E-state index is 0.180. The van der Waals surface area contributed by atoms with Gasteiger partial charge in [0.25, 0.3) is 0 Å². The lowest BCUT2D eigenvalue weighted by Gasteiger charge is -2.20. The van der Waals surface area contributed by atoms with Gasteiger partial charge in [-0.3, -0.25) is 0 Å². The van der Waals surface area contributed by atoms with Gasteiger partial charge in [-0.05, 0) is 12.5 Å². The highest BCUT2D eigenvalue weighted by Crippen LogP contribution is 2.04. The fourth-order valence-electron chi connectivity index (χ4n) is 1.43. The predicted molar refractivity (Wildman–Crippen MR) is 73.7 cm³/mol. The Balaban J connectivity index is 2.70. The standard InChI is InChI=1S/C12H15NO2S2/c1-2-15-11(14)10(13-12(16)17)8-9-6-4-3-5-7-9/h3-7,10H,2,8H2,1H3,(H2,13,16,17)/p-1. The molecule has 1 N–H and O–H groups in total. The number of carbonyl (C=O) groups excluding carboxylic acids is 1. The summed E-state index contributed by atoms with van der Waals surface area (Å²) >= 11 is 9.57. The lowest BCUT2D eigenvalue weighted by atomic mass is 10.1. The van der Waals surface area contributed by atoms with Gasteiger partial charge in [0.1, 0.15) is 6.04 Å². The van der Waals surface area contributed by atoms with Gasteiger partial charge < -0.3 is 34.9 Å². The Morgan fingerprint density at radius 2 is 2.12 bits per heavy atom. The first-order chi connectivity index (χ1) is 8.13. The van der Waals surface area contributed by atoms with Crippen LogP contribution in [0.5, 0.6) is 0 Å². The molecular formula is C12H14NO2S2-. The number of esters is 1. The number of nitrogens with one attached hydrogen (secondary N) is 1. The second-order valence-electron chi connectivity index (χ2n) is 3.43. The van der Waals surface area contributed by atoms with Crippen LogP contribution in [0, 0.1) is 0 Å². The largest absolute Gasteiger partial charge is 0.464 e. The molecule has 0 spiro atoms. The van der Waals surface area contributed by atoms with E-state index in [-0.39, 0.29) is 10.3 Å². The molecule has 17 heavy (non-hydrogen) atoms. The number of thiocarbonyl (C=S) groups is 1. The molecule has 0 saturated heterocycles. The maximum Gasteiger partial charge on any atom is 0.328 e. The van der Waals surface area contributed by atoms with Gasteiger partial charge in [0, 0.05) is 6.42 Å². The van der Waals surface area contributed by atoms with Crippen molar-refractivity contribution < 1.29 is 9.53 Å². The molecule has 1 aromatic rings. The van der Waals surface area contributed by atoms with E-state index in [4.69, 9.17) is 29.6 Å². The topological polar surface area (TPSA) is 38.3 Å². The number of hydrogen-bond donors (Lipinski definition) is 1. The smallest absolute Gasteiger partial charge is 0.328 e. The SMILES string of the molecule is CCOC(=O)C(Cc1ccccc1)NC(=S)[S-]. The van der Waals surface area contributed by atoms with Crippen LogP contribution >= 0.6 is 12.2 Å². The van der Waals surface area contributed by atoms with E-state index in [0.29, 0.717) is 13.0 Å². The molecule has 0 amide bonds. The number of carbonyl (C=O) groups is 1. The number of hydrogen-bond acceptors (Lipinski definition) is 4. The summed E-state index contributed by atoms with van der Waals surface area (Å²) in [6.45, 7) is 2.11. The second-order valence-corrected chi connectivity index (χ2v) is 4.50. The van der Waals surface area contributed by atoms with E-state index in [1.807, 2.05) is 30.3 Å². The molecular weight excluding hydrogens is 254 g/mol. The van der Waals surface area contributed by atoms with E-state index in [1.54, 1.807) is 6.92 Å². The molecule has 0 heterocycles. The lowest BCUT2D eigenvalue weighted by molar-refractivity contribution is -0.145. The Kier molecular flexibility index (Phi) is 5.86. The zero-order valence-corrected chi connectivity index (χ0v) is 11.1. The molecule has 1 rings (SSSR count). The lowest BCUT2D eigenvalue weighted by Crippen LogP contribution is -2.42. The molecule has 0 aliphatic carbocycles. The Labute approximate surface area is 112 Å². The Bertz CT molecular complexity index is 381. The zero-order chi connectivity index (χ0) is 12.7. The maximum absolute atomic E-state index is 11.7. The monoisotopic (exact) mass is 268 g/mol. The first-order valence-electron chi connectivity index (χ1n) is 5.31. The van der Waals surface area contributed by atoms with Crippen molar-refractivity contribution >= 4 is 35.1 Å². The van der Waals surface area contributed by atoms with E-state index in [2.05, 4.69) is 5.32 Å². The first-order valence-corrected chi connectivity index (χ1v) is 6.13. The van der Waals surface area contributed by atoms with Gasteiger partial charge in [0.2, 0.25) is 0 Å². The molecule has 0 aliphatic rings. The highest BCUT2D eigenvalue weighted by atomic mass is 32.1. The van der Waals surface area contributed by atoms with Crippen LogP contribution in [0.4, 0.5) is 0 Å². The van der Waals surface area contributed by atoms with Gasteiger partial charge in [0.05, 0.1) is 6.61 Å². The van der Waals surface area contributed by atoms with Crippen molar-refractivity contribution in [2.24, 2.45) is 0 Å². The Morgan fingerprint density at radius 1 is 1.47 bits per heavy atom. The summed E-state index contributed by atoms with van der Waals surface area (Å²) in [6.07, 6.45) is 0.510. The van der Waals surface area contributed by atoms with Gasteiger partial charge in [-0.25, -0.2) is 4.79 Å². The molecule has 0 bridgehead atoms. The molecule has 0 aliphatic heterocycles. The van der Waals surface area contributed by atoms with Crippen molar-refractivity contribution in [2.45, 2.75) is 19.4 Å². The number of rotatable bonds is 5. The maximum atomic E-state index is 11.7. The quantitative estimate of drug-likeness (QED) is 0.499. The third-order valence-electron chi connectivity index (χ3n) is 2.15. The minimum Gasteiger partial charge on any atom is -0.464 e. The summed E-state index contributed by atoms with van der Waals surface area (Å²) in [5.41, 5.74) is 1.03. The van der Waals surface area contributed by atoms with Crippen molar-refractivity contribution in [1.82, 2.24) is 5.32 Å². The van der Waals surface area contributed by atoms with E-state index in [0.717, 1.165) is 5.56 Å². The molecule has 92 valence electrons. The minimum atomic E-state index is -0.512. The van der Waals surface area contributed by atoms with E-state index >= 15 is 0 Å². The van der Waals surface area contributed by atoms with Gasteiger partial charge in [-0.1, -0.05) is 34.7 Å². The Morgan fingerprint density at radius 3 is 2.65 bits per heavy atom. The Hall–Kier alpha value is -1.20. The van der Waals surface area contributed by atoms with Crippen LogP contribution in [0.1, 0.15) is 12.5 Å². The van der Waals surface area contributed by atoms with Crippen LogP contribution in [0.2, 0.25) is 0 Å². The highest BCUT2D eigenvalue weighted by Gasteiger charge is 2.18. The molecule has 1 atom stereocenters. The molecule has 3 nitrogen and oxygen atoms in total. The van der Waals surface area contributed by atoms with Crippen molar-refractivity contribution in [3.63, 3.8) is 0 Å². The second kappa shape index (κ2) is 7.19. The van der Waals surface area contributed by atoms with Crippen molar-refractivity contribution in [3.8, 4) is 0 Å². The average Bonchev–Trinajstić information content (AvgIpc) is 2.29. The van der Waals surface area contributed by atoms with Crippen LogP contribution in [0.15, 0.2) is 30.3 Å². The van der Waals surface area contributed by atoms with Crippen LogP contribution in [-0.4, -0.2) is 22.9 Å². The van der Waals surface area contributed by atoms with Gasteiger partial charge in [0.15, 0.2) is 0 Å². The van der Waals surface area contributed by atoms with Crippen LogP contribution in [0.25, 0.3) is 0 Å². The van der Waals surface area contributed by atoms with Crippen LogP contribution in [-0.2, 0) is 28.6 Å². The van der Waals surface area contributed by atoms with E-state index < -0.39 is 6.04 Å². The fourth-order valence-corrected chi connectivity index (χ4v) is 1.71. The van der Waals surface area contributed by atoms with Crippen molar-refractivity contribution in [3.05, 3.63) is 35.9 Å². The summed E-state index contributed by atoms with van der Waals surface area (Å²) < 4.78 is 5.15. The van der Waals surface area contributed by atoms with E-state index in [1.165, 1.54) is 0 Å². The highest BCUT2D eigenvalue weighted by molar-refractivity contribution is 8.00.